The van der Waals surface area contributed by atoms with Crippen LogP contribution in [0.4, 0.5) is 0 Å². The minimum atomic E-state index is -1.46. The Kier molecular flexibility index (Phi) is 3.32. The van der Waals surface area contributed by atoms with Gasteiger partial charge < -0.3 is 14.8 Å². The second-order valence-corrected chi connectivity index (χ2v) is 4.22. The molecule has 0 saturated carbocycles. The topological polar surface area (TPSA) is 67.5 Å². The molecule has 2 N–H and O–H groups in total. The van der Waals surface area contributed by atoms with Crippen LogP contribution in [0.25, 0.3) is 0 Å². The van der Waals surface area contributed by atoms with Gasteiger partial charge in [-0.1, -0.05) is 0 Å². The minimum absolute atomic E-state index is 0.0556. The molecule has 0 bridgehead atoms. The van der Waals surface area contributed by atoms with Gasteiger partial charge in [0.1, 0.15) is 6.23 Å². The predicted octanol–water partition coefficient (Wildman–Crippen LogP) is -0.121. The summed E-state index contributed by atoms with van der Waals surface area (Å²) < 4.78 is 7.40. The molecule has 1 aromatic rings. The molecule has 0 amide bonds. The van der Waals surface area contributed by atoms with Crippen molar-refractivity contribution in [1.29, 1.82) is 0 Å². The van der Waals surface area contributed by atoms with Gasteiger partial charge in [0.15, 0.2) is 0 Å². The van der Waals surface area contributed by atoms with E-state index in [9.17, 15) is 10.0 Å². The summed E-state index contributed by atoms with van der Waals surface area (Å²) in [6.07, 6.45) is 3.09. The highest BCUT2D eigenvalue weighted by molar-refractivity contribution is 6.59. The van der Waals surface area contributed by atoms with E-state index in [1.807, 2.05) is 6.92 Å². The van der Waals surface area contributed by atoms with Gasteiger partial charge in [0.05, 0.1) is 5.69 Å². The molecular formula is C10H17BN2O3. The molecule has 88 valence electrons. The molecule has 0 radical (unpaired) electrons. The molecule has 0 aromatic carbocycles. The number of rotatable bonds is 2. The number of hydrogen-bond donors (Lipinski definition) is 2. The number of aromatic nitrogens is 2. The van der Waals surface area contributed by atoms with E-state index in [0.29, 0.717) is 11.2 Å². The molecule has 5 nitrogen and oxygen atoms in total. The van der Waals surface area contributed by atoms with Gasteiger partial charge in [-0.2, -0.15) is 5.10 Å². The van der Waals surface area contributed by atoms with Crippen molar-refractivity contribution in [2.24, 2.45) is 0 Å². The van der Waals surface area contributed by atoms with Crippen LogP contribution in [0.2, 0.25) is 0 Å². The number of ether oxygens (including phenoxy) is 1. The molecule has 6 heteroatoms. The first-order valence-corrected chi connectivity index (χ1v) is 5.64. The molecule has 1 saturated heterocycles. The zero-order valence-electron chi connectivity index (χ0n) is 9.68. The summed E-state index contributed by atoms with van der Waals surface area (Å²) in [5.41, 5.74) is 1.93. The summed E-state index contributed by atoms with van der Waals surface area (Å²) in [7, 11) is -1.46. The highest BCUT2D eigenvalue weighted by Gasteiger charge is 2.26. The van der Waals surface area contributed by atoms with Gasteiger partial charge in [-0.3, -0.25) is 0 Å². The summed E-state index contributed by atoms with van der Waals surface area (Å²) in [6.45, 7) is 4.37. The van der Waals surface area contributed by atoms with E-state index in [0.717, 1.165) is 31.6 Å². The average Bonchev–Trinajstić information content (AvgIpc) is 2.55. The van der Waals surface area contributed by atoms with Crippen LogP contribution in [-0.4, -0.2) is 33.6 Å². The van der Waals surface area contributed by atoms with Crippen LogP contribution in [0.1, 0.15) is 36.9 Å². The van der Waals surface area contributed by atoms with Crippen LogP contribution >= 0.6 is 0 Å². The molecule has 1 fully saturated rings. The Morgan fingerprint density at radius 2 is 2.12 bits per heavy atom. The van der Waals surface area contributed by atoms with Crippen molar-refractivity contribution >= 4 is 12.6 Å². The van der Waals surface area contributed by atoms with E-state index in [1.165, 1.54) is 0 Å². The molecule has 1 unspecified atom stereocenters. The van der Waals surface area contributed by atoms with Crippen molar-refractivity contribution in [3.8, 4) is 0 Å². The van der Waals surface area contributed by atoms with Gasteiger partial charge in [-0.25, -0.2) is 4.68 Å². The van der Waals surface area contributed by atoms with Gasteiger partial charge in [0.2, 0.25) is 0 Å². The van der Waals surface area contributed by atoms with Gasteiger partial charge >= 0.3 is 7.12 Å². The normalized spacial score (nSPS) is 21.1. The number of aryl methyl sites for hydroxylation is 1. The fraction of sp³-hybridized carbons (Fsp3) is 0.700. The molecular weight excluding hydrogens is 207 g/mol. The van der Waals surface area contributed by atoms with Crippen molar-refractivity contribution < 1.29 is 14.8 Å². The van der Waals surface area contributed by atoms with Crippen molar-refractivity contribution in [1.82, 2.24) is 9.78 Å². The number of nitrogens with zero attached hydrogens (tertiary/aromatic N) is 2. The molecule has 2 rings (SSSR count). The van der Waals surface area contributed by atoms with E-state index in [-0.39, 0.29) is 6.23 Å². The Bertz CT molecular complexity index is 372. The quantitative estimate of drug-likeness (QED) is 0.687. The Hall–Kier alpha value is -0.845. The summed E-state index contributed by atoms with van der Waals surface area (Å²) in [4.78, 5) is 0. The van der Waals surface area contributed by atoms with E-state index >= 15 is 0 Å². The van der Waals surface area contributed by atoms with Crippen LogP contribution in [0.3, 0.4) is 0 Å². The highest BCUT2D eigenvalue weighted by Crippen LogP contribution is 2.22. The molecule has 1 atom stereocenters. The van der Waals surface area contributed by atoms with Gasteiger partial charge in [0, 0.05) is 17.8 Å². The zero-order valence-corrected chi connectivity index (χ0v) is 9.68. The Morgan fingerprint density at radius 1 is 1.38 bits per heavy atom. The molecule has 0 aliphatic carbocycles. The predicted molar refractivity (Wildman–Crippen MR) is 60.4 cm³/mol. The molecule has 1 aromatic heterocycles. The van der Waals surface area contributed by atoms with E-state index in [2.05, 4.69) is 5.10 Å². The first kappa shape index (κ1) is 11.6. The zero-order chi connectivity index (χ0) is 11.7. The molecule has 1 aliphatic heterocycles. The summed E-state index contributed by atoms with van der Waals surface area (Å²) in [6, 6.07) is 0. The highest BCUT2D eigenvalue weighted by atomic mass is 16.5. The summed E-state index contributed by atoms with van der Waals surface area (Å²) in [5, 5.41) is 22.8. The van der Waals surface area contributed by atoms with Crippen molar-refractivity contribution in [2.45, 2.75) is 39.3 Å². The first-order chi connectivity index (χ1) is 7.61. The third kappa shape index (κ3) is 2.00. The lowest BCUT2D eigenvalue weighted by Crippen LogP contribution is -2.33. The third-order valence-corrected chi connectivity index (χ3v) is 3.07. The van der Waals surface area contributed by atoms with E-state index < -0.39 is 7.12 Å². The maximum atomic E-state index is 9.26. The molecule has 1 aliphatic rings. The van der Waals surface area contributed by atoms with E-state index in [4.69, 9.17) is 4.74 Å². The maximum absolute atomic E-state index is 9.26. The standard InChI is InChI=1S/C10H17BN2O3/c1-7-10(11(14)15)8(2)13(12-7)9-5-3-4-6-16-9/h9,14-15H,3-6H2,1-2H3. The van der Waals surface area contributed by atoms with Crippen LogP contribution in [0.15, 0.2) is 0 Å². The Labute approximate surface area is 95.2 Å². The second-order valence-electron chi connectivity index (χ2n) is 4.22. The third-order valence-electron chi connectivity index (χ3n) is 3.07. The molecule has 0 spiro atoms. The van der Waals surface area contributed by atoms with Gasteiger partial charge in [-0.15, -0.1) is 0 Å². The van der Waals surface area contributed by atoms with Crippen LogP contribution in [0.5, 0.6) is 0 Å². The average molecular weight is 224 g/mol. The van der Waals surface area contributed by atoms with E-state index in [1.54, 1.807) is 11.6 Å². The van der Waals surface area contributed by atoms with Crippen molar-refractivity contribution in [3.05, 3.63) is 11.4 Å². The fourth-order valence-corrected chi connectivity index (χ4v) is 2.25. The van der Waals surface area contributed by atoms with Crippen molar-refractivity contribution in [2.75, 3.05) is 6.61 Å². The lowest BCUT2D eigenvalue weighted by atomic mass is 9.78. The SMILES string of the molecule is Cc1nn(C2CCCCO2)c(C)c1B(O)O. The molecule has 16 heavy (non-hydrogen) atoms. The Balaban J connectivity index is 2.30. The largest absolute Gasteiger partial charge is 0.492 e. The van der Waals surface area contributed by atoms with Crippen LogP contribution in [-0.2, 0) is 4.74 Å². The van der Waals surface area contributed by atoms with Crippen LogP contribution in [0, 0.1) is 13.8 Å². The molecule has 2 heterocycles. The minimum Gasteiger partial charge on any atom is -0.423 e. The summed E-state index contributed by atoms with van der Waals surface area (Å²) >= 11 is 0. The monoisotopic (exact) mass is 224 g/mol. The van der Waals surface area contributed by atoms with Crippen molar-refractivity contribution in [3.63, 3.8) is 0 Å². The summed E-state index contributed by atoms with van der Waals surface area (Å²) in [5.74, 6) is 0. The lowest BCUT2D eigenvalue weighted by Gasteiger charge is -2.24. The first-order valence-electron chi connectivity index (χ1n) is 5.64. The lowest BCUT2D eigenvalue weighted by molar-refractivity contribution is -0.0407. The second kappa shape index (κ2) is 4.57. The Morgan fingerprint density at radius 3 is 2.62 bits per heavy atom. The van der Waals surface area contributed by atoms with Crippen LogP contribution < -0.4 is 5.46 Å². The number of hydrogen-bond acceptors (Lipinski definition) is 4. The van der Waals surface area contributed by atoms with Gasteiger partial charge in [0.25, 0.3) is 0 Å². The smallest absolute Gasteiger partial charge is 0.423 e. The van der Waals surface area contributed by atoms with Gasteiger partial charge in [-0.05, 0) is 33.1 Å². The maximum Gasteiger partial charge on any atom is 0.492 e. The fourth-order valence-electron chi connectivity index (χ4n) is 2.25.